The van der Waals surface area contributed by atoms with Crippen LogP contribution < -0.4 is 11.3 Å². The minimum absolute atomic E-state index is 0.0417. The summed E-state index contributed by atoms with van der Waals surface area (Å²) in [7, 11) is 0. The first-order valence-corrected chi connectivity index (χ1v) is 6.24. The van der Waals surface area contributed by atoms with Crippen LogP contribution in [0.25, 0.3) is 0 Å². The van der Waals surface area contributed by atoms with Gasteiger partial charge in [0.05, 0.1) is 16.3 Å². The first-order valence-electron chi connectivity index (χ1n) is 5.45. The Morgan fingerprint density at radius 3 is 2.67 bits per heavy atom. The average Bonchev–Trinajstić information content (AvgIpc) is 2.38. The third-order valence-corrected chi connectivity index (χ3v) is 2.92. The Kier molecular flexibility index (Phi) is 4.15. The van der Waals surface area contributed by atoms with Crippen LogP contribution >= 0.6 is 23.8 Å². The van der Waals surface area contributed by atoms with E-state index in [1.54, 1.807) is 0 Å². The van der Waals surface area contributed by atoms with Crippen LogP contribution in [-0.4, -0.2) is 21.0 Å². The molecule has 108 valence electrons. The standard InChI is InChI=1S/C11H8ClN5O3S/c12-6-2-1-4(3-5(6)10(19)20)16-17-7-8(13)14-11(21)15-9(7)18/h1-3H,(H,19,20)(H4,13,14,15,18,21). The minimum atomic E-state index is -1.20. The number of H-pyrrole nitrogens is 2. The summed E-state index contributed by atoms with van der Waals surface area (Å²) in [6.07, 6.45) is 0. The van der Waals surface area contributed by atoms with Gasteiger partial charge in [0.25, 0.3) is 5.56 Å². The van der Waals surface area contributed by atoms with Crippen LogP contribution in [-0.2, 0) is 0 Å². The highest BCUT2D eigenvalue weighted by molar-refractivity contribution is 7.71. The minimum Gasteiger partial charge on any atom is -0.478 e. The Morgan fingerprint density at radius 1 is 1.33 bits per heavy atom. The maximum absolute atomic E-state index is 11.6. The second-order valence-corrected chi connectivity index (χ2v) is 4.66. The maximum Gasteiger partial charge on any atom is 0.337 e. The van der Waals surface area contributed by atoms with E-state index in [1.807, 2.05) is 0 Å². The molecule has 2 aromatic rings. The summed E-state index contributed by atoms with van der Waals surface area (Å²) in [5.74, 6) is -1.24. The molecule has 0 aliphatic heterocycles. The molecule has 0 spiro atoms. The van der Waals surface area contributed by atoms with Gasteiger partial charge in [0.15, 0.2) is 10.5 Å². The number of benzene rings is 1. The van der Waals surface area contributed by atoms with Crippen molar-refractivity contribution in [3.63, 3.8) is 0 Å². The number of nitrogens with two attached hydrogens (primary N) is 1. The molecule has 0 aliphatic carbocycles. The number of azo groups is 1. The molecular formula is C11H8ClN5O3S. The van der Waals surface area contributed by atoms with Crippen molar-refractivity contribution in [2.24, 2.45) is 10.2 Å². The molecule has 8 nitrogen and oxygen atoms in total. The number of carbonyl (C=O) groups is 1. The lowest BCUT2D eigenvalue weighted by Crippen LogP contribution is -2.09. The Hall–Kier alpha value is -2.52. The van der Waals surface area contributed by atoms with Crippen LogP contribution in [0, 0.1) is 4.77 Å². The zero-order valence-corrected chi connectivity index (χ0v) is 11.8. The molecule has 0 fully saturated rings. The number of carboxylic acids is 1. The van der Waals surface area contributed by atoms with Crippen LogP contribution in [0.5, 0.6) is 0 Å². The van der Waals surface area contributed by atoms with Crippen molar-refractivity contribution in [2.75, 3.05) is 5.73 Å². The fraction of sp³-hybridized carbons (Fsp3) is 0. The lowest BCUT2D eigenvalue weighted by Gasteiger charge is -2.00. The van der Waals surface area contributed by atoms with Gasteiger partial charge in [-0.25, -0.2) is 4.79 Å². The van der Waals surface area contributed by atoms with E-state index in [4.69, 9.17) is 34.7 Å². The van der Waals surface area contributed by atoms with Gasteiger partial charge in [0.2, 0.25) is 0 Å². The fourth-order valence-corrected chi connectivity index (χ4v) is 1.84. The van der Waals surface area contributed by atoms with Crippen LogP contribution in [0.15, 0.2) is 33.2 Å². The number of aromatic carboxylic acids is 1. The Balaban J connectivity index is 2.43. The summed E-state index contributed by atoms with van der Waals surface area (Å²) in [6.45, 7) is 0. The predicted molar refractivity (Wildman–Crippen MR) is 79.2 cm³/mol. The number of halogens is 1. The summed E-state index contributed by atoms with van der Waals surface area (Å²) in [4.78, 5) is 27.4. The first-order chi connectivity index (χ1) is 9.88. The molecular weight excluding hydrogens is 318 g/mol. The smallest absolute Gasteiger partial charge is 0.337 e. The van der Waals surface area contributed by atoms with E-state index in [9.17, 15) is 9.59 Å². The highest BCUT2D eigenvalue weighted by atomic mass is 35.5. The number of nitrogen functional groups attached to an aromatic ring is 1. The van der Waals surface area contributed by atoms with E-state index in [0.717, 1.165) is 0 Å². The number of carboxylic acid groups (broad SMARTS) is 1. The predicted octanol–water partition coefficient (Wildman–Crippen LogP) is 2.78. The topological polar surface area (TPSA) is 137 Å². The van der Waals surface area contributed by atoms with E-state index >= 15 is 0 Å². The highest BCUT2D eigenvalue weighted by Crippen LogP contribution is 2.24. The SMILES string of the molecule is Nc1[nH]c(=S)[nH]c(=O)c1N=Nc1ccc(Cl)c(C(=O)O)c1. The molecule has 10 heteroatoms. The monoisotopic (exact) mass is 325 g/mol. The van der Waals surface area contributed by atoms with E-state index in [1.165, 1.54) is 18.2 Å². The molecule has 0 unspecified atom stereocenters. The second-order valence-electron chi connectivity index (χ2n) is 3.84. The van der Waals surface area contributed by atoms with Gasteiger partial charge < -0.3 is 15.8 Å². The van der Waals surface area contributed by atoms with Gasteiger partial charge in [-0.2, -0.15) is 5.11 Å². The second kappa shape index (κ2) is 5.85. The van der Waals surface area contributed by atoms with Crippen molar-refractivity contribution in [3.8, 4) is 0 Å². The Bertz CT molecular complexity index is 858. The van der Waals surface area contributed by atoms with Gasteiger partial charge >= 0.3 is 5.97 Å². The number of hydrogen-bond acceptors (Lipinski definition) is 6. The number of hydrogen-bond donors (Lipinski definition) is 4. The van der Waals surface area contributed by atoms with Crippen LogP contribution in [0.1, 0.15) is 10.4 Å². The van der Waals surface area contributed by atoms with Crippen LogP contribution in [0.2, 0.25) is 5.02 Å². The number of anilines is 1. The normalized spacial score (nSPS) is 10.9. The van der Waals surface area contributed by atoms with Crippen molar-refractivity contribution in [3.05, 3.63) is 43.9 Å². The number of rotatable bonds is 3. The van der Waals surface area contributed by atoms with Crippen LogP contribution in [0.3, 0.4) is 0 Å². The summed E-state index contributed by atoms with van der Waals surface area (Å²) in [5, 5.41) is 16.5. The molecule has 0 atom stereocenters. The average molecular weight is 326 g/mol. The molecule has 0 saturated heterocycles. The fourth-order valence-electron chi connectivity index (χ4n) is 1.44. The lowest BCUT2D eigenvalue weighted by molar-refractivity contribution is 0.0697. The van der Waals surface area contributed by atoms with Gasteiger partial charge in [0.1, 0.15) is 5.82 Å². The summed E-state index contributed by atoms with van der Waals surface area (Å²) >= 11 is 10.5. The van der Waals surface area contributed by atoms with Gasteiger partial charge in [-0.1, -0.05) is 11.6 Å². The van der Waals surface area contributed by atoms with E-state index < -0.39 is 11.5 Å². The number of aromatic nitrogens is 2. The van der Waals surface area contributed by atoms with Crippen molar-refractivity contribution in [1.29, 1.82) is 0 Å². The maximum atomic E-state index is 11.6. The molecule has 1 aromatic carbocycles. The Labute approximate surface area is 127 Å². The van der Waals surface area contributed by atoms with Gasteiger partial charge in [-0.05, 0) is 30.4 Å². The quantitative estimate of drug-likeness (QED) is 0.508. The molecule has 21 heavy (non-hydrogen) atoms. The lowest BCUT2D eigenvalue weighted by atomic mass is 10.2. The molecule has 0 saturated carbocycles. The number of nitrogens with one attached hydrogen (secondary N) is 2. The van der Waals surface area contributed by atoms with Crippen molar-refractivity contribution in [2.45, 2.75) is 0 Å². The molecule has 0 amide bonds. The van der Waals surface area contributed by atoms with Crippen molar-refractivity contribution >= 4 is 47.0 Å². The largest absolute Gasteiger partial charge is 0.478 e. The van der Waals surface area contributed by atoms with E-state index in [0.29, 0.717) is 0 Å². The van der Waals surface area contributed by atoms with Gasteiger partial charge in [0, 0.05) is 0 Å². The van der Waals surface area contributed by atoms with Gasteiger partial charge in [-0.15, -0.1) is 5.11 Å². The highest BCUT2D eigenvalue weighted by Gasteiger charge is 2.09. The molecule has 2 rings (SSSR count). The van der Waals surface area contributed by atoms with E-state index in [-0.39, 0.29) is 32.5 Å². The molecule has 5 N–H and O–H groups in total. The van der Waals surface area contributed by atoms with Gasteiger partial charge in [-0.3, -0.25) is 9.78 Å². The zero-order valence-electron chi connectivity index (χ0n) is 10.3. The third-order valence-electron chi connectivity index (χ3n) is 2.39. The van der Waals surface area contributed by atoms with Crippen LogP contribution in [0.4, 0.5) is 17.2 Å². The number of aromatic amines is 2. The first kappa shape index (κ1) is 14.9. The molecule has 1 heterocycles. The summed E-state index contributed by atoms with van der Waals surface area (Å²) in [6, 6.07) is 4.04. The molecule has 0 radical (unpaired) electrons. The summed E-state index contributed by atoms with van der Waals surface area (Å²) < 4.78 is 0.0658. The van der Waals surface area contributed by atoms with E-state index in [2.05, 4.69) is 20.2 Å². The Morgan fingerprint density at radius 2 is 2.05 bits per heavy atom. The molecule has 1 aromatic heterocycles. The summed E-state index contributed by atoms with van der Waals surface area (Å²) in [5.41, 5.74) is 4.90. The molecule has 0 bridgehead atoms. The molecule has 0 aliphatic rings. The van der Waals surface area contributed by atoms with Crippen molar-refractivity contribution < 1.29 is 9.90 Å². The number of nitrogens with zero attached hydrogens (tertiary/aromatic N) is 2. The zero-order chi connectivity index (χ0) is 15.6. The third kappa shape index (κ3) is 3.33. The van der Waals surface area contributed by atoms with Crippen molar-refractivity contribution in [1.82, 2.24) is 9.97 Å².